The van der Waals surface area contributed by atoms with E-state index in [4.69, 9.17) is 32.8 Å². The molecule has 12 heteroatoms. The van der Waals surface area contributed by atoms with E-state index in [1.54, 1.807) is 51.1 Å². The fourth-order valence-corrected chi connectivity index (χ4v) is 8.71. The molecule has 2 aromatic rings. The lowest BCUT2D eigenvalue weighted by Gasteiger charge is -2.59. The lowest BCUT2D eigenvalue weighted by molar-refractivity contribution is -0.232. The second-order valence-corrected chi connectivity index (χ2v) is 15.1. The Kier molecular flexibility index (Phi) is 6.55. The van der Waals surface area contributed by atoms with Crippen LogP contribution in [0.5, 0.6) is 0 Å². The van der Waals surface area contributed by atoms with Crippen LogP contribution in [0.25, 0.3) is 5.76 Å². The third-order valence-electron chi connectivity index (χ3n) is 11.1. The van der Waals surface area contributed by atoms with Gasteiger partial charge in [-0.3, -0.25) is 5.32 Å². The summed E-state index contributed by atoms with van der Waals surface area (Å²) in [5, 5.41) is 16.4. The first-order valence-electron chi connectivity index (χ1n) is 16.4. The van der Waals surface area contributed by atoms with E-state index in [-0.39, 0.29) is 29.6 Å². The van der Waals surface area contributed by atoms with Crippen LogP contribution in [0, 0.1) is 17.3 Å². The highest BCUT2D eigenvalue weighted by molar-refractivity contribution is 5.98. The van der Waals surface area contributed by atoms with Gasteiger partial charge in [0.2, 0.25) is 5.76 Å². The summed E-state index contributed by atoms with van der Waals surface area (Å²) < 4.78 is 41.7. The van der Waals surface area contributed by atoms with Crippen molar-refractivity contribution < 1.29 is 52.3 Å². The molecule has 1 aromatic heterocycles. The molecule has 4 fully saturated rings. The largest absolute Gasteiger partial charge is 0.509 e. The van der Waals surface area contributed by atoms with Crippen molar-refractivity contribution in [3.63, 3.8) is 0 Å². The van der Waals surface area contributed by atoms with Gasteiger partial charge in [0.1, 0.15) is 11.8 Å². The lowest BCUT2D eigenvalue weighted by Crippen LogP contribution is -2.80. The van der Waals surface area contributed by atoms with Gasteiger partial charge in [-0.2, -0.15) is 0 Å². The Morgan fingerprint density at radius 3 is 2.50 bits per heavy atom. The van der Waals surface area contributed by atoms with Crippen molar-refractivity contribution in [1.29, 1.82) is 0 Å². The molecule has 1 aromatic carbocycles. The maximum absolute atomic E-state index is 13.5. The smallest absolute Gasteiger partial charge is 0.457 e. The van der Waals surface area contributed by atoms with E-state index < -0.39 is 70.4 Å². The molecular formula is C36H39NO11. The molecule has 0 radical (unpaired) electrons. The Morgan fingerprint density at radius 1 is 1.08 bits per heavy atom. The summed E-state index contributed by atoms with van der Waals surface area (Å²) in [5.74, 6) is -1.72. The number of fused-ring (bicyclic) bond motifs is 4. The first-order valence-corrected chi connectivity index (χ1v) is 16.4. The number of hydrogen-bond donors (Lipinski definition) is 2. The van der Waals surface area contributed by atoms with E-state index in [0.717, 1.165) is 0 Å². The molecule has 2 aliphatic carbocycles. The highest BCUT2D eigenvalue weighted by atomic mass is 16.8. The van der Waals surface area contributed by atoms with Crippen LogP contribution in [0.15, 0.2) is 70.1 Å². The van der Waals surface area contributed by atoms with E-state index in [1.807, 2.05) is 26.8 Å². The maximum atomic E-state index is 13.5. The summed E-state index contributed by atoms with van der Waals surface area (Å²) in [5.41, 5.74) is -4.33. The van der Waals surface area contributed by atoms with Gasteiger partial charge in [-0.15, -0.1) is 0 Å². The van der Waals surface area contributed by atoms with Crippen molar-refractivity contribution in [2.75, 3.05) is 0 Å². The summed E-state index contributed by atoms with van der Waals surface area (Å²) in [6.45, 7) is 11.2. The fourth-order valence-electron chi connectivity index (χ4n) is 8.71. The molecular weight excluding hydrogens is 622 g/mol. The van der Waals surface area contributed by atoms with Gasteiger partial charge in [0.05, 0.1) is 12.4 Å². The minimum atomic E-state index is -1.77. The average molecular weight is 662 g/mol. The highest BCUT2D eigenvalue weighted by Crippen LogP contribution is 2.74. The molecule has 48 heavy (non-hydrogen) atoms. The molecule has 2 N–H and O–H groups in total. The van der Waals surface area contributed by atoms with Crippen molar-refractivity contribution in [3.8, 4) is 0 Å². The van der Waals surface area contributed by atoms with Gasteiger partial charge in [-0.25, -0.2) is 14.4 Å². The minimum Gasteiger partial charge on any atom is -0.457 e. The quantitative estimate of drug-likeness (QED) is 0.192. The first kappa shape index (κ1) is 31.3. The first-order chi connectivity index (χ1) is 22.7. The van der Waals surface area contributed by atoms with Gasteiger partial charge in [0.25, 0.3) is 0 Å². The number of piperidine rings is 1. The Hall–Kier alpha value is -3.97. The number of nitrogens with one attached hydrogen (secondary N) is 1. The van der Waals surface area contributed by atoms with Gasteiger partial charge >= 0.3 is 18.1 Å². The predicted molar refractivity (Wildman–Crippen MR) is 165 cm³/mol. The molecule has 0 bridgehead atoms. The molecule has 0 amide bonds. The molecule has 0 unspecified atom stereocenters. The number of allylic oxidation sites excluding steroid dienone is 1. The van der Waals surface area contributed by atoms with E-state index >= 15 is 0 Å². The highest BCUT2D eigenvalue weighted by Gasteiger charge is 2.92. The van der Waals surface area contributed by atoms with Gasteiger partial charge in [-0.05, 0) is 58.1 Å². The third-order valence-corrected chi connectivity index (χ3v) is 11.1. The number of rotatable bonds is 5. The Balaban J connectivity index is 1.22. The monoisotopic (exact) mass is 661 g/mol. The Bertz CT molecular complexity index is 1770. The zero-order chi connectivity index (χ0) is 34.0. The molecule has 254 valence electrons. The van der Waals surface area contributed by atoms with E-state index in [9.17, 15) is 19.5 Å². The number of cyclic esters (lactones) is 1. The van der Waals surface area contributed by atoms with E-state index in [2.05, 4.69) is 5.32 Å². The predicted octanol–water partition coefficient (Wildman–Crippen LogP) is 4.98. The number of hydrogen-bond acceptors (Lipinski definition) is 12. The number of ether oxygens (including phenoxy) is 6. The van der Waals surface area contributed by atoms with Crippen LogP contribution in [0.1, 0.15) is 76.9 Å². The SMILES string of the molecule is CC(C)[C@]12O[C@H]1N[C@]1(O)[C@]3(O[C@H]3C[C@H]3C4=C(CC[C@@]31C)C(=O)O/C4=C(/OC(=O)c1ccco1)c1ccccc1)[C@@H]2OC(=O)OC(C)(C)C. The number of aliphatic hydroxyl groups is 1. The number of esters is 2. The van der Waals surface area contributed by atoms with Crippen LogP contribution in [0.4, 0.5) is 4.79 Å². The topological polar surface area (TPSA) is 159 Å². The molecule has 1 saturated carbocycles. The van der Waals surface area contributed by atoms with Crippen molar-refractivity contribution in [2.24, 2.45) is 17.3 Å². The van der Waals surface area contributed by atoms with Crippen LogP contribution in [-0.2, 0) is 33.2 Å². The lowest BCUT2D eigenvalue weighted by atomic mass is 9.49. The molecule has 1 spiro atoms. The van der Waals surface area contributed by atoms with Crippen LogP contribution in [0.2, 0.25) is 0 Å². The summed E-state index contributed by atoms with van der Waals surface area (Å²) >= 11 is 0. The molecule has 8 atom stereocenters. The Labute approximate surface area is 277 Å². The normalized spacial score (nSPS) is 38.5. The van der Waals surface area contributed by atoms with Gasteiger partial charge in [0.15, 0.2) is 34.5 Å². The van der Waals surface area contributed by atoms with Crippen LogP contribution in [0.3, 0.4) is 0 Å². The zero-order valence-corrected chi connectivity index (χ0v) is 27.7. The minimum absolute atomic E-state index is 0.0142. The van der Waals surface area contributed by atoms with Crippen LogP contribution < -0.4 is 5.32 Å². The number of furan rings is 1. The van der Waals surface area contributed by atoms with Crippen molar-refractivity contribution in [3.05, 3.63) is 77.0 Å². The van der Waals surface area contributed by atoms with E-state index in [1.165, 1.54) is 12.3 Å². The molecule has 3 saturated heterocycles. The number of epoxide rings is 2. The fraction of sp³-hybridized carbons (Fsp3) is 0.528. The van der Waals surface area contributed by atoms with Crippen molar-refractivity contribution in [1.82, 2.24) is 5.32 Å². The van der Waals surface area contributed by atoms with Gasteiger partial charge in [-0.1, -0.05) is 51.1 Å². The average Bonchev–Trinajstić information content (AvgIpc) is 3.80. The molecule has 6 aliphatic rings. The third kappa shape index (κ3) is 4.12. The van der Waals surface area contributed by atoms with E-state index in [0.29, 0.717) is 29.6 Å². The van der Waals surface area contributed by atoms with Gasteiger partial charge < -0.3 is 37.9 Å². The zero-order valence-electron chi connectivity index (χ0n) is 27.7. The number of benzene rings is 1. The number of carbonyl (C=O) groups excluding carboxylic acids is 3. The summed E-state index contributed by atoms with van der Waals surface area (Å²) in [6, 6.07) is 12.0. The molecule has 8 rings (SSSR count). The maximum Gasteiger partial charge on any atom is 0.509 e. The second-order valence-electron chi connectivity index (χ2n) is 15.1. The molecule has 12 nitrogen and oxygen atoms in total. The second kappa shape index (κ2) is 10.0. The van der Waals surface area contributed by atoms with Crippen LogP contribution in [-0.4, -0.2) is 64.2 Å². The summed E-state index contributed by atoms with van der Waals surface area (Å²) in [7, 11) is 0. The summed E-state index contributed by atoms with van der Waals surface area (Å²) in [6.07, 6.45) is -0.691. The van der Waals surface area contributed by atoms with Crippen molar-refractivity contribution >= 4 is 23.9 Å². The van der Waals surface area contributed by atoms with Crippen molar-refractivity contribution in [2.45, 2.75) is 102 Å². The number of carbonyl (C=O) groups is 3. The van der Waals surface area contributed by atoms with Crippen LogP contribution >= 0.6 is 0 Å². The summed E-state index contributed by atoms with van der Waals surface area (Å²) in [4.78, 5) is 39.9. The molecule has 5 heterocycles. The Morgan fingerprint density at radius 2 is 1.83 bits per heavy atom. The standard InChI is InChI=1S/C36H39NO11/c1-18(2)34-29(45-31(40)48-32(3,4)5)35-23(46-35)17-21-24-20(14-15-33(21,6)36(35,41)37-30(34)47-34)27(38)44-26(24)25(19-11-8-7-9-12-19)43-28(39)22-13-10-16-42-22/h7-13,16,18,21,23,29-30,37,41H,14-15,17H2,1-6H3/b26-25+/t21-,23-,29+,30+,33-,34+,35+,36+/m0/s1. The van der Waals surface area contributed by atoms with Gasteiger partial charge in [0, 0.05) is 28.0 Å². The molecule has 4 aliphatic heterocycles.